The highest BCUT2D eigenvalue weighted by atomic mass is 16.4. The fourth-order valence-electron chi connectivity index (χ4n) is 1.58. The standard InChI is InChI=1S/C8H8O2.C8H10/c9-8(10)6-7-4-2-1-3-5-7;1-7-4-3-5-8(2)6-7/h1-5H,6H2,(H,9,10);3-6H,1-2H3. The molecule has 2 aromatic rings. The van der Waals surface area contributed by atoms with Crippen molar-refractivity contribution in [2.45, 2.75) is 20.3 Å². The summed E-state index contributed by atoms with van der Waals surface area (Å²) in [5.74, 6) is -0.786. The van der Waals surface area contributed by atoms with Crippen molar-refractivity contribution < 1.29 is 9.90 Å². The lowest BCUT2D eigenvalue weighted by atomic mass is 10.2. The summed E-state index contributed by atoms with van der Waals surface area (Å²) in [6.45, 7) is 4.21. The van der Waals surface area contributed by atoms with Gasteiger partial charge in [-0.25, -0.2) is 0 Å². The minimum absolute atomic E-state index is 0.112. The van der Waals surface area contributed by atoms with Gasteiger partial charge in [0.2, 0.25) is 0 Å². The summed E-state index contributed by atoms with van der Waals surface area (Å²) in [6.07, 6.45) is 0.112. The lowest BCUT2D eigenvalue weighted by molar-refractivity contribution is -0.136. The van der Waals surface area contributed by atoms with E-state index in [1.54, 1.807) is 12.1 Å². The van der Waals surface area contributed by atoms with E-state index in [9.17, 15) is 4.79 Å². The smallest absolute Gasteiger partial charge is 0.307 e. The predicted octanol–water partition coefficient (Wildman–Crippen LogP) is 3.62. The molecule has 2 heteroatoms. The summed E-state index contributed by atoms with van der Waals surface area (Å²) in [6, 6.07) is 17.6. The molecule has 0 radical (unpaired) electrons. The molecular weight excluding hydrogens is 224 g/mol. The van der Waals surface area contributed by atoms with Crippen LogP contribution in [0.3, 0.4) is 0 Å². The van der Waals surface area contributed by atoms with Crippen LogP contribution >= 0.6 is 0 Å². The zero-order valence-electron chi connectivity index (χ0n) is 10.8. The van der Waals surface area contributed by atoms with Crippen molar-refractivity contribution in [2.24, 2.45) is 0 Å². The molecule has 1 N–H and O–H groups in total. The number of hydrogen-bond acceptors (Lipinski definition) is 1. The van der Waals surface area contributed by atoms with Crippen molar-refractivity contribution in [1.29, 1.82) is 0 Å². The van der Waals surface area contributed by atoms with Crippen LogP contribution in [0.5, 0.6) is 0 Å². The summed E-state index contributed by atoms with van der Waals surface area (Å²) < 4.78 is 0. The van der Waals surface area contributed by atoms with Gasteiger partial charge in [-0.05, 0) is 19.4 Å². The minimum Gasteiger partial charge on any atom is -0.481 e. The summed E-state index contributed by atoms with van der Waals surface area (Å²) >= 11 is 0. The van der Waals surface area contributed by atoms with E-state index in [1.807, 2.05) is 18.2 Å². The number of rotatable bonds is 2. The summed E-state index contributed by atoms with van der Waals surface area (Å²) in [4.78, 5) is 10.2. The Morgan fingerprint density at radius 1 is 0.944 bits per heavy atom. The minimum atomic E-state index is -0.786. The first kappa shape index (κ1) is 14.0. The average Bonchev–Trinajstić information content (AvgIpc) is 2.30. The second-order valence-corrected chi connectivity index (χ2v) is 4.21. The maximum atomic E-state index is 10.2. The van der Waals surface area contributed by atoms with Crippen molar-refractivity contribution in [3.63, 3.8) is 0 Å². The summed E-state index contributed by atoms with van der Waals surface area (Å²) in [5, 5.41) is 8.37. The Balaban J connectivity index is 0.000000184. The zero-order chi connectivity index (χ0) is 13.4. The third-order valence-corrected chi connectivity index (χ3v) is 2.37. The van der Waals surface area contributed by atoms with Crippen molar-refractivity contribution in [1.82, 2.24) is 0 Å². The van der Waals surface area contributed by atoms with Gasteiger partial charge in [-0.3, -0.25) is 4.79 Å². The molecule has 0 unspecified atom stereocenters. The van der Waals surface area contributed by atoms with Crippen LogP contribution in [0.2, 0.25) is 0 Å². The first-order chi connectivity index (χ1) is 8.58. The van der Waals surface area contributed by atoms with Crippen LogP contribution in [0, 0.1) is 13.8 Å². The quantitative estimate of drug-likeness (QED) is 0.873. The Morgan fingerprint density at radius 3 is 1.89 bits per heavy atom. The van der Waals surface area contributed by atoms with Gasteiger partial charge in [-0.2, -0.15) is 0 Å². The molecule has 2 aromatic carbocycles. The van der Waals surface area contributed by atoms with Crippen molar-refractivity contribution in [2.75, 3.05) is 0 Å². The largest absolute Gasteiger partial charge is 0.481 e. The van der Waals surface area contributed by atoms with Gasteiger partial charge in [-0.15, -0.1) is 0 Å². The van der Waals surface area contributed by atoms with Gasteiger partial charge in [0.25, 0.3) is 0 Å². The number of carbonyl (C=O) groups is 1. The normalized spacial score (nSPS) is 9.22. The van der Waals surface area contributed by atoms with E-state index >= 15 is 0 Å². The van der Waals surface area contributed by atoms with Crippen molar-refractivity contribution in [3.8, 4) is 0 Å². The van der Waals surface area contributed by atoms with Crippen LogP contribution in [-0.2, 0) is 11.2 Å². The van der Waals surface area contributed by atoms with Gasteiger partial charge < -0.3 is 5.11 Å². The Kier molecular flexibility index (Phi) is 5.65. The highest BCUT2D eigenvalue weighted by Gasteiger charge is 1.96. The molecule has 0 atom stereocenters. The SMILES string of the molecule is Cc1cccc(C)c1.O=C(O)Cc1ccccc1. The van der Waals surface area contributed by atoms with Gasteiger partial charge in [-0.1, -0.05) is 65.7 Å². The van der Waals surface area contributed by atoms with Crippen LogP contribution in [0.1, 0.15) is 16.7 Å². The number of aryl methyl sites for hydroxylation is 2. The van der Waals surface area contributed by atoms with E-state index in [2.05, 4.69) is 38.1 Å². The maximum Gasteiger partial charge on any atom is 0.307 e. The predicted molar refractivity (Wildman–Crippen MR) is 73.7 cm³/mol. The Morgan fingerprint density at radius 2 is 1.50 bits per heavy atom. The molecule has 2 rings (SSSR count). The fourth-order valence-corrected chi connectivity index (χ4v) is 1.58. The summed E-state index contributed by atoms with van der Waals surface area (Å²) in [7, 11) is 0. The molecular formula is C16H18O2. The van der Waals surface area contributed by atoms with E-state index in [4.69, 9.17) is 5.11 Å². The zero-order valence-corrected chi connectivity index (χ0v) is 10.8. The number of hydrogen-bond donors (Lipinski definition) is 1. The molecule has 0 aliphatic rings. The van der Waals surface area contributed by atoms with Gasteiger partial charge in [0, 0.05) is 0 Å². The molecule has 0 heterocycles. The Bertz CT molecular complexity index is 472. The third kappa shape index (κ3) is 5.85. The molecule has 0 saturated carbocycles. The number of aliphatic carboxylic acids is 1. The first-order valence-electron chi connectivity index (χ1n) is 5.87. The summed E-state index contributed by atoms with van der Waals surface area (Å²) in [5.41, 5.74) is 3.52. The molecule has 0 aliphatic carbocycles. The first-order valence-corrected chi connectivity index (χ1v) is 5.87. The van der Waals surface area contributed by atoms with E-state index in [-0.39, 0.29) is 6.42 Å². The Hall–Kier alpha value is -2.09. The lowest BCUT2D eigenvalue weighted by Gasteiger charge is -1.92. The maximum absolute atomic E-state index is 10.2. The highest BCUT2D eigenvalue weighted by molar-refractivity contribution is 5.70. The van der Waals surface area contributed by atoms with Crippen LogP contribution in [0.15, 0.2) is 54.6 Å². The molecule has 2 nitrogen and oxygen atoms in total. The van der Waals surface area contributed by atoms with Gasteiger partial charge in [0.05, 0.1) is 6.42 Å². The molecule has 0 aliphatic heterocycles. The Labute approximate surface area is 108 Å². The molecule has 0 spiro atoms. The molecule has 18 heavy (non-hydrogen) atoms. The molecule has 0 bridgehead atoms. The number of carboxylic acids is 1. The molecule has 0 amide bonds. The van der Waals surface area contributed by atoms with E-state index in [0.29, 0.717) is 0 Å². The molecule has 0 aromatic heterocycles. The lowest BCUT2D eigenvalue weighted by Crippen LogP contribution is -1.98. The monoisotopic (exact) mass is 242 g/mol. The van der Waals surface area contributed by atoms with E-state index in [0.717, 1.165) is 5.56 Å². The van der Waals surface area contributed by atoms with E-state index < -0.39 is 5.97 Å². The highest BCUT2D eigenvalue weighted by Crippen LogP contribution is 2.00. The van der Waals surface area contributed by atoms with Gasteiger partial charge in [0.1, 0.15) is 0 Å². The number of carboxylic acid groups (broad SMARTS) is 1. The van der Waals surface area contributed by atoms with E-state index in [1.165, 1.54) is 11.1 Å². The van der Waals surface area contributed by atoms with Crippen molar-refractivity contribution >= 4 is 5.97 Å². The van der Waals surface area contributed by atoms with Crippen LogP contribution in [0.25, 0.3) is 0 Å². The van der Waals surface area contributed by atoms with Crippen LogP contribution < -0.4 is 0 Å². The molecule has 0 saturated heterocycles. The molecule has 94 valence electrons. The number of benzene rings is 2. The third-order valence-electron chi connectivity index (χ3n) is 2.37. The van der Waals surface area contributed by atoms with Crippen molar-refractivity contribution in [3.05, 3.63) is 71.3 Å². The second kappa shape index (κ2) is 7.28. The van der Waals surface area contributed by atoms with Gasteiger partial charge >= 0.3 is 5.97 Å². The fraction of sp³-hybridized carbons (Fsp3) is 0.188. The van der Waals surface area contributed by atoms with Crippen LogP contribution in [0.4, 0.5) is 0 Å². The average molecular weight is 242 g/mol. The van der Waals surface area contributed by atoms with Gasteiger partial charge in [0.15, 0.2) is 0 Å². The van der Waals surface area contributed by atoms with Crippen LogP contribution in [-0.4, -0.2) is 11.1 Å². The topological polar surface area (TPSA) is 37.3 Å². The second-order valence-electron chi connectivity index (χ2n) is 4.21. The molecule has 0 fully saturated rings.